The summed E-state index contributed by atoms with van der Waals surface area (Å²) in [6, 6.07) is 20.9. The van der Waals surface area contributed by atoms with Crippen LogP contribution in [0.1, 0.15) is 15.9 Å². The van der Waals surface area contributed by atoms with Gasteiger partial charge in [0.15, 0.2) is 5.76 Å². The highest BCUT2D eigenvalue weighted by Gasteiger charge is 2.32. The summed E-state index contributed by atoms with van der Waals surface area (Å²) in [6.07, 6.45) is 1.77. The van der Waals surface area contributed by atoms with Crippen LogP contribution in [0.25, 0.3) is 28.2 Å². The van der Waals surface area contributed by atoms with Gasteiger partial charge in [-0.1, -0.05) is 48.5 Å². The molecule has 0 saturated carbocycles. The Morgan fingerprint density at radius 2 is 1.65 bits per heavy atom. The number of carbonyl (C=O) groups excluding carboxylic acids is 1. The third kappa shape index (κ3) is 4.26. The number of rotatable bonds is 5. The van der Waals surface area contributed by atoms with Gasteiger partial charge in [0.25, 0.3) is 0 Å². The van der Waals surface area contributed by atoms with Crippen molar-refractivity contribution in [3.05, 3.63) is 83.6 Å². The third-order valence-corrected chi connectivity index (χ3v) is 7.31. The number of phenols is 2. The molecule has 7 nitrogen and oxygen atoms in total. The highest BCUT2D eigenvalue weighted by Crippen LogP contribution is 2.42. The molecular weight excluding hydrogens is 466 g/mol. The van der Waals surface area contributed by atoms with Gasteiger partial charge in [0.1, 0.15) is 22.8 Å². The standard InChI is InChI=1S/C30H29N3O4/c1-31-11-13-32(14-12-31)15-16-33-24-10-6-5-9-22(24)23(29(33)20-7-3-2-4-8-20)19-27-30(36)28-25(35)17-21(34)18-26(28)37-27/h2-10,17-19,34-35H,11-16H2,1H3/b27-19-. The normalized spacial score (nSPS) is 17.4. The summed E-state index contributed by atoms with van der Waals surface area (Å²) in [5, 5.41) is 21.2. The van der Waals surface area contributed by atoms with Crippen molar-refractivity contribution in [3.8, 4) is 28.5 Å². The maximum absolute atomic E-state index is 13.2. The molecule has 7 heteroatoms. The largest absolute Gasteiger partial charge is 0.508 e. The molecule has 37 heavy (non-hydrogen) atoms. The van der Waals surface area contributed by atoms with Gasteiger partial charge in [-0.15, -0.1) is 0 Å². The van der Waals surface area contributed by atoms with Crippen LogP contribution in [0.5, 0.6) is 17.2 Å². The molecule has 0 bridgehead atoms. The monoisotopic (exact) mass is 495 g/mol. The molecule has 1 fully saturated rings. The van der Waals surface area contributed by atoms with Gasteiger partial charge in [0, 0.05) is 67.9 Å². The maximum Gasteiger partial charge on any atom is 0.235 e. The van der Waals surface area contributed by atoms with E-state index in [9.17, 15) is 15.0 Å². The van der Waals surface area contributed by atoms with Gasteiger partial charge in [-0.05, 0) is 24.8 Å². The molecule has 0 unspecified atom stereocenters. The van der Waals surface area contributed by atoms with Gasteiger partial charge in [-0.3, -0.25) is 9.69 Å². The van der Waals surface area contributed by atoms with Crippen LogP contribution in [-0.2, 0) is 6.54 Å². The lowest BCUT2D eigenvalue weighted by Crippen LogP contribution is -2.45. The van der Waals surface area contributed by atoms with Gasteiger partial charge < -0.3 is 24.4 Å². The van der Waals surface area contributed by atoms with Crippen molar-refractivity contribution in [1.82, 2.24) is 14.4 Å². The fourth-order valence-electron chi connectivity index (χ4n) is 5.34. The number of carbonyl (C=O) groups is 1. The molecule has 1 saturated heterocycles. The molecule has 0 aliphatic carbocycles. The minimum absolute atomic E-state index is 0.0733. The second-order valence-electron chi connectivity index (χ2n) is 9.72. The molecule has 1 aromatic heterocycles. The molecule has 0 amide bonds. The molecule has 3 aromatic carbocycles. The fourth-order valence-corrected chi connectivity index (χ4v) is 5.34. The number of Topliss-reactive ketones (excluding diaryl/α,β-unsaturated/α-hetero) is 1. The molecule has 0 spiro atoms. The third-order valence-electron chi connectivity index (χ3n) is 7.31. The van der Waals surface area contributed by atoms with E-state index in [4.69, 9.17) is 4.74 Å². The number of piperazine rings is 1. The van der Waals surface area contributed by atoms with E-state index in [1.54, 1.807) is 6.08 Å². The zero-order chi connectivity index (χ0) is 25.5. The highest BCUT2D eigenvalue weighted by molar-refractivity contribution is 6.17. The number of allylic oxidation sites excluding steroid dienone is 1. The Balaban J connectivity index is 1.47. The van der Waals surface area contributed by atoms with Gasteiger partial charge in [0.2, 0.25) is 5.78 Å². The van der Waals surface area contributed by atoms with E-state index in [1.165, 1.54) is 6.07 Å². The molecule has 0 radical (unpaired) electrons. The topological polar surface area (TPSA) is 78.2 Å². The zero-order valence-electron chi connectivity index (χ0n) is 20.7. The van der Waals surface area contributed by atoms with E-state index in [2.05, 4.69) is 45.7 Å². The predicted octanol–water partition coefficient (Wildman–Crippen LogP) is 4.58. The Hall–Kier alpha value is -4.07. The van der Waals surface area contributed by atoms with Crippen LogP contribution in [0.15, 0.2) is 72.5 Å². The van der Waals surface area contributed by atoms with Crippen LogP contribution in [0, 0.1) is 0 Å². The lowest BCUT2D eigenvalue weighted by Gasteiger charge is -2.32. The van der Waals surface area contributed by atoms with Crippen LogP contribution in [-0.4, -0.2) is 70.1 Å². The lowest BCUT2D eigenvalue weighted by atomic mass is 10.0. The second-order valence-corrected chi connectivity index (χ2v) is 9.72. The summed E-state index contributed by atoms with van der Waals surface area (Å²) in [4.78, 5) is 18.1. The number of para-hydroxylation sites is 1. The lowest BCUT2D eigenvalue weighted by molar-refractivity contribution is 0.101. The Morgan fingerprint density at radius 3 is 2.43 bits per heavy atom. The number of ether oxygens (including phenoxy) is 1. The minimum atomic E-state index is -0.402. The number of likely N-dealkylation sites (N-methyl/N-ethyl adjacent to an activating group) is 1. The van der Waals surface area contributed by atoms with E-state index < -0.39 is 5.78 Å². The van der Waals surface area contributed by atoms with Crippen molar-refractivity contribution in [2.45, 2.75) is 6.54 Å². The average molecular weight is 496 g/mol. The second kappa shape index (κ2) is 9.42. The summed E-state index contributed by atoms with van der Waals surface area (Å²) < 4.78 is 8.21. The first-order valence-electron chi connectivity index (χ1n) is 12.6. The first kappa shape index (κ1) is 23.3. The Morgan fingerprint density at radius 1 is 0.919 bits per heavy atom. The quantitative estimate of drug-likeness (QED) is 0.395. The summed E-state index contributed by atoms with van der Waals surface area (Å²) in [5.74, 6) is -0.568. The molecule has 3 heterocycles. The van der Waals surface area contributed by atoms with E-state index in [-0.39, 0.29) is 28.6 Å². The minimum Gasteiger partial charge on any atom is -0.508 e. The molecule has 2 N–H and O–H groups in total. The smallest absolute Gasteiger partial charge is 0.235 e. The summed E-state index contributed by atoms with van der Waals surface area (Å²) >= 11 is 0. The number of aromatic hydroxyl groups is 2. The van der Waals surface area contributed by atoms with Crippen LogP contribution in [0.2, 0.25) is 0 Å². The molecule has 188 valence electrons. The Kier molecular flexibility index (Phi) is 5.94. The molecular formula is C30H29N3O4. The molecule has 6 rings (SSSR count). The van der Waals surface area contributed by atoms with E-state index in [1.807, 2.05) is 30.3 Å². The van der Waals surface area contributed by atoms with Crippen molar-refractivity contribution in [2.75, 3.05) is 39.8 Å². The van der Waals surface area contributed by atoms with Crippen molar-refractivity contribution >= 4 is 22.8 Å². The molecule has 4 aromatic rings. The summed E-state index contributed by atoms with van der Waals surface area (Å²) in [6.45, 7) is 5.96. The average Bonchev–Trinajstić information content (AvgIpc) is 3.38. The van der Waals surface area contributed by atoms with Crippen LogP contribution in [0.3, 0.4) is 0 Å². The van der Waals surface area contributed by atoms with Gasteiger partial charge in [-0.25, -0.2) is 0 Å². The first-order chi connectivity index (χ1) is 18.0. The zero-order valence-corrected chi connectivity index (χ0v) is 20.7. The Bertz CT molecular complexity index is 1520. The summed E-state index contributed by atoms with van der Waals surface area (Å²) in [7, 11) is 2.16. The van der Waals surface area contributed by atoms with Crippen molar-refractivity contribution in [2.24, 2.45) is 0 Å². The number of ketones is 1. The van der Waals surface area contributed by atoms with Crippen molar-refractivity contribution < 1.29 is 19.7 Å². The fraction of sp³-hybridized carbons (Fsp3) is 0.233. The number of hydrogen-bond donors (Lipinski definition) is 2. The van der Waals surface area contributed by atoms with E-state index >= 15 is 0 Å². The number of aromatic nitrogens is 1. The number of hydrogen-bond acceptors (Lipinski definition) is 6. The highest BCUT2D eigenvalue weighted by atomic mass is 16.5. The Labute approximate surface area is 215 Å². The van der Waals surface area contributed by atoms with Crippen LogP contribution in [0.4, 0.5) is 0 Å². The molecule has 0 atom stereocenters. The number of benzene rings is 3. The van der Waals surface area contributed by atoms with Crippen molar-refractivity contribution in [1.29, 1.82) is 0 Å². The SMILES string of the molecule is CN1CCN(CCn2c(-c3ccccc3)c(/C=C3\Oc4cc(O)cc(O)c4C3=O)c3ccccc32)CC1. The predicted molar refractivity (Wildman–Crippen MR) is 144 cm³/mol. The van der Waals surface area contributed by atoms with Crippen LogP contribution < -0.4 is 4.74 Å². The number of phenolic OH excluding ortho intramolecular Hbond substituents is 2. The van der Waals surface area contributed by atoms with Crippen LogP contribution >= 0.6 is 0 Å². The van der Waals surface area contributed by atoms with E-state index in [0.717, 1.165) is 73.1 Å². The van der Waals surface area contributed by atoms with Gasteiger partial charge in [-0.2, -0.15) is 0 Å². The first-order valence-corrected chi connectivity index (χ1v) is 12.6. The molecule has 2 aliphatic rings. The van der Waals surface area contributed by atoms with E-state index in [0.29, 0.717) is 0 Å². The van der Waals surface area contributed by atoms with Gasteiger partial charge in [0.05, 0.1) is 5.69 Å². The summed E-state index contributed by atoms with van der Waals surface area (Å²) in [5.41, 5.74) is 4.12. The maximum atomic E-state index is 13.2. The number of fused-ring (bicyclic) bond motifs is 2. The molecule has 2 aliphatic heterocycles. The van der Waals surface area contributed by atoms with Gasteiger partial charge >= 0.3 is 0 Å². The van der Waals surface area contributed by atoms with Crippen molar-refractivity contribution in [3.63, 3.8) is 0 Å². The number of nitrogens with zero attached hydrogens (tertiary/aromatic N) is 3.